The SMILES string of the molecule is Cc1cc(C(=O)NCc2cccc3ccccc23)c(C)o1. The molecule has 3 heteroatoms. The van der Waals surface area contributed by atoms with E-state index in [4.69, 9.17) is 4.42 Å². The van der Waals surface area contributed by atoms with Crippen LogP contribution in [0.3, 0.4) is 0 Å². The van der Waals surface area contributed by atoms with E-state index in [1.165, 1.54) is 10.8 Å². The van der Waals surface area contributed by atoms with Gasteiger partial charge in [0, 0.05) is 6.54 Å². The van der Waals surface area contributed by atoms with Crippen molar-refractivity contribution in [3.8, 4) is 0 Å². The molecule has 0 bridgehead atoms. The molecule has 106 valence electrons. The van der Waals surface area contributed by atoms with Crippen LogP contribution in [0.1, 0.15) is 27.4 Å². The molecule has 0 spiro atoms. The predicted molar refractivity (Wildman–Crippen MR) is 83.3 cm³/mol. The average molecular weight is 279 g/mol. The zero-order valence-electron chi connectivity index (χ0n) is 12.1. The molecule has 0 radical (unpaired) electrons. The van der Waals surface area contributed by atoms with Crippen molar-refractivity contribution in [3.05, 3.63) is 71.2 Å². The van der Waals surface area contributed by atoms with Crippen LogP contribution in [0.4, 0.5) is 0 Å². The summed E-state index contributed by atoms with van der Waals surface area (Å²) in [6.07, 6.45) is 0. The summed E-state index contributed by atoms with van der Waals surface area (Å²) in [5.74, 6) is 1.31. The standard InChI is InChI=1S/C18H17NO2/c1-12-10-17(13(2)21-12)18(20)19-11-15-8-5-7-14-6-3-4-9-16(14)15/h3-10H,11H2,1-2H3,(H,19,20). The Balaban J connectivity index is 1.81. The largest absolute Gasteiger partial charge is 0.466 e. The molecule has 0 saturated carbocycles. The van der Waals surface area contributed by atoms with Crippen molar-refractivity contribution in [2.45, 2.75) is 20.4 Å². The lowest BCUT2D eigenvalue weighted by Gasteiger charge is -2.08. The summed E-state index contributed by atoms with van der Waals surface area (Å²) in [4.78, 5) is 12.2. The molecule has 0 fully saturated rings. The quantitative estimate of drug-likeness (QED) is 0.788. The molecule has 0 aliphatic rings. The molecular formula is C18H17NO2. The number of carbonyl (C=O) groups excluding carboxylic acids is 1. The molecule has 1 N–H and O–H groups in total. The first-order valence-electron chi connectivity index (χ1n) is 6.97. The van der Waals surface area contributed by atoms with Gasteiger partial charge in [0.05, 0.1) is 5.56 Å². The summed E-state index contributed by atoms with van der Waals surface area (Å²) in [5.41, 5.74) is 1.71. The van der Waals surface area contributed by atoms with Crippen molar-refractivity contribution in [1.29, 1.82) is 0 Å². The van der Waals surface area contributed by atoms with Gasteiger partial charge in [-0.25, -0.2) is 0 Å². The van der Waals surface area contributed by atoms with Gasteiger partial charge in [-0.3, -0.25) is 4.79 Å². The van der Waals surface area contributed by atoms with Gasteiger partial charge < -0.3 is 9.73 Å². The third kappa shape index (κ3) is 2.68. The number of rotatable bonds is 3. The number of benzene rings is 2. The second-order valence-electron chi connectivity index (χ2n) is 5.15. The van der Waals surface area contributed by atoms with Crippen LogP contribution >= 0.6 is 0 Å². The molecule has 21 heavy (non-hydrogen) atoms. The Labute approximate surface area is 123 Å². The summed E-state index contributed by atoms with van der Waals surface area (Å²) in [7, 11) is 0. The number of fused-ring (bicyclic) bond motifs is 1. The lowest BCUT2D eigenvalue weighted by Crippen LogP contribution is -2.23. The van der Waals surface area contributed by atoms with Crippen LogP contribution < -0.4 is 5.32 Å². The van der Waals surface area contributed by atoms with Gasteiger partial charge in [0.2, 0.25) is 0 Å². The van der Waals surface area contributed by atoms with E-state index < -0.39 is 0 Å². The first kappa shape index (κ1) is 13.4. The highest BCUT2D eigenvalue weighted by Crippen LogP contribution is 2.19. The van der Waals surface area contributed by atoms with Gasteiger partial charge in [-0.15, -0.1) is 0 Å². The second-order valence-corrected chi connectivity index (χ2v) is 5.15. The highest BCUT2D eigenvalue weighted by atomic mass is 16.3. The molecule has 1 heterocycles. The molecule has 1 amide bonds. The molecule has 0 aliphatic heterocycles. The van der Waals surface area contributed by atoms with Gasteiger partial charge in [-0.1, -0.05) is 42.5 Å². The van der Waals surface area contributed by atoms with E-state index in [0.717, 1.165) is 11.3 Å². The van der Waals surface area contributed by atoms with Crippen molar-refractivity contribution >= 4 is 16.7 Å². The number of hydrogen-bond donors (Lipinski definition) is 1. The van der Waals surface area contributed by atoms with E-state index in [0.29, 0.717) is 17.9 Å². The third-order valence-corrected chi connectivity index (χ3v) is 3.60. The molecule has 0 unspecified atom stereocenters. The molecule has 3 nitrogen and oxygen atoms in total. The number of carbonyl (C=O) groups is 1. The molecule has 0 saturated heterocycles. The van der Waals surface area contributed by atoms with Crippen LogP contribution in [0.2, 0.25) is 0 Å². The van der Waals surface area contributed by atoms with E-state index in [1.807, 2.05) is 31.2 Å². The Morgan fingerprint density at radius 1 is 1.10 bits per heavy atom. The van der Waals surface area contributed by atoms with Gasteiger partial charge in [-0.2, -0.15) is 0 Å². The minimum atomic E-state index is -0.0997. The number of amides is 1. The maximum atomic E-state index is 12.2. The van der Waals surface area contributed by atoms with Crippen LogP contribution in [0.15, 0.2) is 52.9 Å². The molecule has 3 rings (SSSR count). The van der Waals surface area contributed by atoms with Gasteiger partial charge in [0.1, 0.15) is 11.5 Å². The zero-order valence-corrected chi connectivity index (χ0v) is 12.1. The highest BCUT2D eigenvalue weighted by Gasteiger charge is 2.13. The topological polar surface area (TPSA) is 42.2 Å². The summed E-state index contributed by atoms with van der Waals surface area (Å²) in [6, 6.07) is 16.1. The molecule has 1 aromatic heterocycles. The van der Waals surface area contributed by atoms with Crippen LogP contribution in [0.5, 0.6) is 0 Å². The summed E-state index contributed by atoms with van der Waals surface area (Å²) in [5, 5.41) is 5.31. The number of aryl methyl sites for hydroxylation is 2. The molecular weight excluding hydrogens is 262 g/mol. The normalized spacial score (nSPS) is 10.8. The third-order valence-electron chi connectivity index (χ3n) is 3.60. The van der Waals surface area contributed by atoms with Crippen molar-refractivity contribution < 1.29 is 9.21 Å². The predicted octanol–water partition coefficient (Wildman–Crippen LogP) is 3.98. The Morgan fingerprint density at radius 2 is 1.86 bits per heavy atom. The number of hydrogen-bond acceptors (Lipinski definition) is 2. The highest BCUT2D eigenvalue weighted by molar-refractivity contribution is 5.95. The summed E-state index contributed by atoms with van der Waals surface area (Å²) >= 11 is 0. The fourth-order valence-electron chi connectivity index (χ4n) is 2.57. The van der Waals surface area contributed by atoms with Crippen molar-refractivity contribution in [3.63, 3.8) is 0 Å². The summed E-state index contributed by atoms with van der Waals surface area (Å²) < 4.78 is 5.40. The lowest BCUT2D eigenvalue weighted by atomic mass is 10.0. The van der Waals surface area contributed by atoms with E-state index in [2.05, 4.69) is 23.5 Å². The molecule has 0 aliphatic carbocycles. The maximum absolute atomic E-state index is 12.2. The van der Waals surface area contributed by atoms with E-state index in [1.54, 1.807) is 13.0 Å². The van der Waals surface area contributed by atoms with E-state index in [9.17, 15) is 4.79 Å². The monoisotopic (exact) mass is 279 g/mol. The Morgan fingerprint density at radius 3 is 2.62 bits per heavy atom. The maximum Gasteiger partial charge on any atom is 0.255 e. The van der Waals surface area contributed by atoms with Gasteiger partial charge >= 0.3 is 0 Å². The Bertz CT molecular complexity index is 797. The molecule has 0 atom stereocenters. The lowest BCUT2D eigenvalue weighted by molar-refractivity contribution is 0.0949. The number of furan rings is 1. The minimum absolute atomic E-state index is 0.0997. The Kier molecular flexibility index (Phi) is 3.48. The number of nitrogens with one attached hydrogen (secondary N) is 1. The van der Waals surface area contributed by atoms with Crippen LogP contribution in [0.25, 0.3) is 10.8 Å². The van der Waals surface area contributed by atoms with Crippen molar-refractivity contribution in [1.82, 2.24) is 5.32 Å². The molecule has 3 aromatic rings. The smallest absolute Gasteiger partial charge is 0.255 e. The Hall–Kier alpha value is -2.55. The van der Waals surface area contributed by atoms with Crippen LogP contribution in [-0.2, 0) is 6.54 Å². The summed E-state index contributed by atoms with van der Waals surface area (Å²) in [6.45, 7) is 4.15. The second kappa shape index (κ2) is 5.44. The van der Waals surface area contributed by atoms with Crippen LogP contribution in [0, 0.1) is 13.8 Å². The van der Waals surface area contributed by atoms with Crippen LogP contribution in [-0.4, -0.2) is 5.91 Å². The fourth-order valence-corrected chi connectivity index (χ4v) is 2.57. The average Bonchev–Trinajstić information content (AvgIpc) is 2.83. The van der Waals surface area contributed by atoms with E-state index >= 15 is 0 Å². The van der Waals surface area contributed by atoms with Crippen molar-refractivity contribution in [2.75, 3.05) is 0 Å². The minimum Gasteiger partial charge on any atom is -0.466 e. The molecule has 2 aromatic carbocycles. The van der Waals surface area contributed by atoms with Gasteiger partial charge in [0.15, 0.2) is 0 Å². The first-order valence-corrected chi connectivity index (χ1v) is 6.97. The van der Waals surface area contributed by atoms with Crippen molar-refractivity contribution in [2.24, 2.45) is 0 Å². The fraction of sp³-hybridized carbons (Fsp3) is 0.167. The van der Waals surface area contributed by atoms with Gasteiger partial charge in [0.25, 0.3) is 5.91 Å². The first-order chi connectivity index (χ1) is 10.1. The zero-order chi connectivity index (χ0) is 14.8. The van der Waals surface area contributed by atoms with E-state index in [-0.39, 0.29) is 5.91 Å². The van der Waals surface area contributed by atoms with Gasteiger partial charge in [-0.05, 0) is 36.2 Å².